The fourth-order valence-electron chi connectivity index (χ4n) is 4.80. The van der Waals surface area contributed by atoms with E-state index in [1.54, 1.807) is 10.4 Å². The second kappa shape index (κ2) is 7.28. The highest BCUT2D eigenvalue weighted by atomic mass is 32.1. The van der Waals surface area contributed by atoms with E-state index in [2.05, 4.69) is 30.6 Å². The lowest BCUT2D eigenvalue weighted by molar-refractivity contribution is 0.185. The standard InChI is InChI=1S/C19H31NS/c1-3-14-7-5-8-15(13-14)19(20-4-2)17-9-6-10-18-16(17)11-12-21-18/h11-12,14-15,17,19-20H,3-10,13H2,1-2H3. The third-order valence-corrected chi connectivity index (χ3v) is 6.88. The molecule has 1 fully saturated rings. The van der Waals surface area contributed by atoms with Crippen LogP contribution in [0.4, 0.5) is 0 Å². The van der Waals surface area contributed by atoms with E-state index in [0.717, 1.165) is 30.3 Å². The fraction of sp³-hybridized carbons (Fsp3) is 0.789. The summed E-state index contributed by atoms with van der Waals surface area (Å²) in [6.07, 6.45) is 11.3. The molecule has 0 spiro atoms. The van der Waals surface area contributed by atoms with Crippen LogP contribution in [0.1, 0.15) is 75.2 Å². The van der Waals surface area contributed by atoms with Crippen LogP contribution in [0.2, 0.25) is 0 Å². The molecule has 1 N–H and O–H groups in total. The molecule has 1 heterocycles. The molecule has 2 heteroatoms. The number of fused-ring (bicyclic) bond motifs is 1. The molecule has 1 aromatic rings. The Kier molecular flexibility index (Phi) is 5.39. The van der Waals surface area contributed by atoms with E-state index in [1.165, 1.54) is 51.4 Å². The van der Waals surface area contributed by atoms with Crippen LogP contribution in [0.3, 0.4) is 0 Å². The van der Waals surface area contributed by atoms with Gasteiger partial charge >= 0.3 is 0 Å². The molecule has 0 aromatic carbocycles. The molecule has 2 aliphatic rings. The summed E-state index contributed by atoms with van der Waals surface area (Å²) in [5, 5.41) is 6.22. The van der Waals surface area contributed by atoms with Crippen LogP contribution in [0.25, 0.3) is 0 Å². The molecule has 0 saturated heterocycles. The monoisotopic (exact) mass is 305 g/mol. The van der Waals surface area contributed by atoms with Gasteiger partial charge in [0.15, 0.2) is 0 Å². The molecule has 21 heavy (non-hydrogen) atoms. The maximum absolute atomic E-state index is 3.90. The van der Waals surface area contributed by atoms with E-state index in [9.17, 15) is 0 Å². The molecule has 4 unspecified atom stereocenters. The Bertz CT molecular complexity index is 439. The second-order valence-electron chi connectivity index (χ2n) is 7.08. The highest BCUT2D eigenvalue weighted by Gasteiger charge is 2.35. The van der Waals surface area contributed by atoms with Crippen molar-refractivity contribution in [1.29, 1.82) is 0 Å². The third-order valence-electron chi connectivity index (χ3n) is 5.88. The number of rotatable bonds is 5. The second-order valence-corrected chi connectivity index (χ2v) is 8.08. The lowest BCUT2D eigenvalue weighted by Gasteiger charge is -2.40. The summed E-state index contributed by atoms with van der Waals surface area (Å²) in [5.41, 5.74) is 1.69. The maximum atomic E-state index is 3.90. The minimum absolute atomic E-state index is 0.720. The quantitative estimate of drug-likeness (QED) is 0.772. The van der Waals surface area contributed by atoms with E-state index < -0.39 is 0 Å². The molecule has 0 aliphatic heterocycles. The topological polar surface area (TPSA) is 12.0 Å². The molecule has 1 saturated carbocycles. The molecule has 2 aliphatic carbocycles. The molecular weight excluding hydrogens is 274 g/mol. The summed E-state index contributed by atoms with van der Waals surface area (Å²) < 4.78 is 0. The van der Waals surface area contributed by atoms with Gasteiger partial charge in [-0.15, -0.1) is 11.3 Å². The number of likely N-dealkylation sites (N-methyl/N-ethyl adjacent to an activating group) is 1. The van der Waals surface area contributed by atoms with Gasteiger partial charge in [0.1, 0.15) is 0 Å². The van der Waals surface area contributed by atoms with Crippen molar-refractivity contribution in [2.24, 2.45) is 11.8 Å². The first-order valence-corrected chi connectivity index (χ1v) is 10.0. The number of aryl methyl sites for hydroxylation is 1. The van der Waals surface area contributed by atoms with Gasteiger partial charge in [-0.1, -0.05) is 33.1 Å². The van der Waals surface area contributed by atoms with Crippen molar-refractivity contribution >= 4 is 11.3 Å². The predicted molar refractivity (Wildman–Crippen MR) is 93.2 cm³/mol. The Morgan fingerprint density at radius 3 is 2.95 bits per heavy atom. The zero-order valence-corrected chi connectivity index (χ0v) is 14.6. The van der Waals surface area contributed by atoms with Crippen LogP contribution < -0.4 is 5.32 Å². The summed E-state index contributed by atoms with van der Waals surface area (Å²) in [4.78, 5) is 1.68. The number of nitrogens with one attached hydrogen (secondary N) is 1. The van der Waals surface area contributed by atoms with E-state index in [1.807, 2.05) is 11.3 Å². The van der Waals surface area contributed by atoms with Crippen molar-refractivity contribution in [3.8, 4) is 0 Å². The van der Waals surface area contributed by atoms with Crippen molar-refractivity contribution in [1.82, 2.24) is 5.32 Å². The van der Waals surface area contributed by atoms with Gasteiger partial charge in [-0.05, 0) is 67.5 Å². The summed E-state index contributed by atoms with van der Waals surface area (Å²) in [6.45, 7) is 5.78. The Balaban J connectivity index is 1.79. The number of hydrogen-bond acceptors (Lipinski definition) is 2. The molecular formula is C19H31NS. The first-order valence-electron chi connectivity index (χ1n) is 9.13. The van der Waals surface area contributed by atoms with Gasteiger partial charge in [0.25, 0.3) is 0 Å². The average molecular weight is 306 g/mol. The molecule has 0 radical (unpaired) electrons. The van der Waals surface area contributed by atoms with Gasteiger partial charge in [-0.25, -0.2) is 0 Å². The van der Waals surface area contributed by atoms with Crippen LogP contribution in [0, 0.1) is 11.8 Å². The van der Waals surface area contributed by atoms with Crippen molar-refractivity contribution in [2.45, 2.75) is 77.2 Å². The summed E-state index contributed by atoms with van der Waals surface area (Å²) in [5.74, 6) is 2.66. The summed E-state index contributed by atoms with van der Waals surface area (Å²) in [7, 11) is 0. The van der Waals surface area contributed by atoms with Gasteiger partial charge in [0.2, 0.25) is 0 Å². The van der Waals surface area contributed by atoms with E-state index in [-0.39, 0.29) is 0 Å². The minimum Gasteiger partial charge on any atom is -0.313 e. The third kappa shape index (κ3) is 3.37. The van der Waals surface area contributed by atoms with Gasteiger partial charge in [0.05, 0.1) is 0 Å². The summed E-state index contributed by atoms with van der Waals surface area (Å²) >= 11 is 1.99. The zero-order chi connectivity index (χ0) is 14.7. The number of thiophene rings is 1. The van der Waals surface area contributed by atoms with Crippen molar-refractivity contribution in [2.75, 3.05) is 6.54 Å². The van der Waals surface area contributed by atoms with E-state index in [4.69, 9.17) is 0 Å². The molecule has 0 amide bonds. The normalized spacial score (nSPS) is 30.9. The average Bonchev–Trinajstić information content (AvgIpc) is 3.01. The molecule has 4 atom stereocenters. The molecule has 1 nitrogen and oxygen atoms in total. The maximum Gasteiger partial charge on any atom is 0.0164 e. The molecule has 1 aromatic heterocycles. The Labute approximate surface area is 134 Å². The summed E-state index contributed by atoms with van der Waals surface area (Å²) in [6, 6.07) is 3.15. The van der Waals surface area contributed by atoms with Crippen LogP contribution >= 0.6 is 11.3 Å². The van der Waals surface area contributed by atoms with Gasteiger partial charge in [-0.2, -0.15) is 0 Å². The highest BCUT2D eigenvalue weighted by molar-refractivity contribution is 7.10. The minimum atomic E-state index is 0.720. The van der Waals surface area contributed by atoms with E-state index in [0.29, 0.717) is 0 Å². The Hall–Kier alpha value is -0.340. The molecule has 3 rings (SSSR count). The lowest BCUT2D eigenvalue weighted by Crippen LogP contribution is -2.43. The van der Waals surface area contributed by atoms with E-state index >= 15 is 0 Å². The van der Waals surface area contributed by atoms with Crippen LogP contribution in [-0.2, 0) is 6.42 Å². The molecule has 0 bridgehead atoms. The van der Waals surface area contributed by atoms with Crippen LogP contribution in [0.15, 0.2) is 11.4 Å². The lowest BCUT2D eigenvalue weighted by atomic mass is 9.70. The number of hydrogen-bond donors (Lipinski definition) is 1. The predicted octanol–water partition coefficient (Wildman–Crippen LogP) is 5.36. The first kappa shape index (κ1) is 15.6. The first-order chi connectivity index (χ1) is 10.3. The fourth-order valence-corrected chi connectivity index (χ4v) is 5.79. The zero-order valence-electron chi connectivity index (χ0n) is 13.7. The Morgan fingerprint density at radius 2 is 2.14 bits per heavy atom. The smallest absolute Gasteiger partial charge is 0.0164 e. The SMILES string of the molecule is CCNC(C1CCCC(CC)C1)C1CCCc2sccc21. The van der Waals surface area contributed by atoms with Gasteiger partial charge in [-0.3, -0.25) is 0 Å². The Morgan fingerprint density at radius 1 is 1.24 bits per heavy atom. The van der Waals surface area contributed by atoms with Gasteiger partial charge in [0, 0.05) is 16.8 Å². The van der Waals surface area contributed by atoms with Crippen LogP contribution in [-0.4, -0.2) is 12.6 Å². The van der Waals surface area contributed by atoms with Crippen molar-refractivity contribution < 1.29 is 0 Å². The van der Waals surface area contributed by atoms with Gasteiger partial charge < -0.3 is 5.32 Å². The van der Waals surface area contributed by atoms with Crippen LogP contribution in [0.5, 0.6) is 0 Å². The highest BCUT2D eigenvalue weighted by Crippen LogP contribution is 2.43. The largest absolute Gasteiger partial charge is 0.313 e. The molecule has 118 valence electrons. The van der Waals surface area contributed by atoms with Crippen molar-refractivity contribution in [3.05, 3.63) is 21.9 Å². The van der Waals surface area contributed by atoms with Crippen molar-refractivity contribution in [3.63, 3.8) is 0 Å².